The summed E-state index contributed by atoms with van der Waals surface area (Å²) in [4.78, 5) is 7.22. The average molecular weight is 207 g/mol. The summed E-state index contributed by atoms with van der Waals surface area (Å²) in [5.74, 6) is -0.0703. The summed E-state index contributed by atoms with van der Waals surface area (Å²) in [5, 5.41) is -0.161. The van der Waals surface area contributed by atoms with E-state index in [1.54, 1.807) is 6.07 Å². The topological polar surface area (TPSA) is 59.9 Å². The van der Waals surface area contributed by atoms with Crippen LogP contribution in [0.3, 0.4) is 0 Å². The number of sulfone groups is 1. The van der Waals surface area contributed by atoms with Gasteiger partial charge in [-0.3, -0.25) is 0 Å². The van der Waals surface area contributed by atoms with Gasteiger partial charge in [0.15, 0.2) is 0 Å². The van der Waals surface area contributed by atoms with E-state index < -0.39 is 9.84 Å². The molecule has 0 atom stereocenters. The predicted molar refractivity (Wildman–Crippen MR) is 44.8 cm³/mol. The summed E-state index contributed by atoms with van der Waals surface area (Å²) in [6, 6.07) is 1.56. The van der Waals surface area contributed by atoms with Crippen LogP contribution in [-0.4, -0.2) is 30.0 Å². The van der Waals surface area contributed by atoms with Crippen molar-refractivity contribution in [2.75, 3.05) is 11.6 Å². The minimum absolute atomic E-state index is 0.0561. The molecule has 0 spiro atoms. The SMILES string of the molecule is O=S(=O)(CCCl)c1ncccn1. The van der Waals surface area contributed by atoms with Crippen LogP contribution in [0.15, 0.2) is 23.6 Å². The molecular formula is C6H7ClN2O2S. The molecule has 0 aromatic carbocycles. The van der Waals surface area contributed by atoms with E-state index in [0.717, 1.165) is 0 Å². The summed E-state index contributed by atoms with van der Waals surface area (Å²) in [6.07, 6.45) is 2.77. The molecule has 0 aliphatic rings. The maximum atomic E-state index is 11.2. The van der Waals surface area contributed by atoms with E-state index in [9.17, 15) is 8.42 Å². The quantitative estimate of drug-likeness (QED) is 0.534. The predicted octanol–water partition coefficient (Wildman–Crippen LogP) is 0.489. The molecule has 66 valence electrons. The van der Waals surface area contributed by atoms with Gasteiger partial charge in [-0.1, -0.05) is 0 Å². The van der Waals surface area contributed by atoms with E-state index in [4.69, 9.17) is 11.6 Å². The Morgan fingerprint density at radius 3 is 2.42 bits per heavy atom. The van der Waals surface area contributed by atoms with Gasteiger partial charge in [0.05, 0.1) is 5.75 Å². The van der Waals surface area contributed by atoms with E-state index in [-0.39, 0.29) is 16.8 Å². The van der Waals surface area contributed by atoms with Crippen molar-refractivity contribution in [1.82, 2.24) is 9.97 Å². The lowest BCUT2D eigenvalue weighted by Crippen LogP contribution is -2.11. The lowest BCUT2D eigenvalue weighted by molar-refractivity contribution is 0.588. The molecule has 1 aromatic rings. The molecule has 12 heavy (non-hydrogen) atoms. The lowest BCUT2D eigenvalue weighted by atomic mass is 10.7. The Morgan fingerprint density at radius 1 is 1.33 bits per heavy atom. The van der Waals surface area contributed by atoms with Crippen LogP contribution in [-0.2, 0) is 9.84 Å². The molecule has 0 radical (unpaired) electrons. The van der Waals surface area contributed by atoms with Crippen molar-refractivity contribution >= 4 is 21.4 Å². The van der Waals surface area contributed by atoms with Crippen molar-refractivity contribution in [3.8, 4) is 0 Å². The highest BCUT2D eigenvalue weighted by Gasteiger charge is 2.15. The van der Waals surface area contributed by atoms with Crippen LogP contribution in [0.4, 0.5) is 0 Å². The highest BCUT2D eigenvalue weighted by Crippen LogP contribution is 2.02. The summed E-state index contributed by atoms with van der Waals surface area (Å²) in [5.41, 5.74) is 0. The van der Waals surface area contributed by atoms with Crippen LogP contribution in [0.1, 0.15) is 0 Å². The maximum absolute atomic E-state index is 11.2. The van der Waals surface area contributed by atoms with Crippen molar-refractivity contribution in [2.45, 2.75) is 5.16 Å². The number of aromatic nitrogens is 2. The van der Waals surface area contributed by atoms with E-state index in [2.05, 4.69) is 9.97 Å². The first-order valence-corrected chi connectivity index (χ1v) is 5.41. The van der Waals surface area contributed by atoms with Gasteiger partial charge in [0.1, 0.15) is 0 Å². The number of halogens is 1. The van der Waals surface area contributed by atoms with Gasteiger partial charge in [0.2, 0.25) is 15.0 Å². The maximum Gasteiger partial charge on any atom is 0.247 e. The van der Waals surface area contributed by atoms with Crippen molar-refractivity contribution in [3.63, 3.8) is 0 Å². The second-order valence-electron chi connectivity index (χ2n) is 2.04. The molecule has 0 amide bonds. The fourth-order valence-electron chi connectivity index (χ4n) is 0.639. The molecule has 0 aliphatic carbocycles. The zero-order chi connectivity index (χ0) is 9.03. The number of hydrogen-bond acceptors (Lipinski definition) is 4. The molecule has 6 heteroatoms. The third kappa shape index (κ3) is 2.15. The Kier molecular flexibility index (Phi) is 2.99. The van der Waals surface area contributed by atoms with Crippen LogP contribution in [0.5, 0.6) is 0 Å². The van der Waals surface area contributed by atoms with Crippen molar-refractivity contribution in [2.24, 2.45) is 0 Å². The van der Waals surface area contributed by atoms with Gasteiger partial charge in [-0.15, -0.1) is 11.6 Å². The molecule has 1 heterocycles. The average Bonchev–Trinajstić information content (AvgIpc) is 2.06. The minimum Gasteiger partial charge on any atom is -0.227 e. The minimum atomic E-state index is -3.36. The standard InChI is InChI=1S/C6H7ClN2O2S/c7-2-5-12(10,11)6-8-3-1-4-9-6/h1,3-4H,2,5H2. The first kappa shape index (κ1) is 9.41. The fraction of sp³-hybridized carbons (Fsp3) is 0.333. The van der Waals surface area contributed by atoms with Gasteiger partial charge in [-0.05, 0) is 6.07 Å². The van der Waals surface area contributed by atoms with Gasteiger partial charge in [0, 0.05) is 18.3 Å². The van der Waals surface area contributed by atoms with Crippen molar-refractivity contribution in [1.29, 1.82) is 0 Å². The molecule has 1 rings (SSSR count). The number of nitrogens with zero attached hydrogens (tertiary/aromatic N) is 2. The summed E-state index contributed by atoms with van der Waals surface area (Å²) < 4.78 is 22.4. The lowest BCUT2D eigenvalue weighted by Gasteiger charge is -1.97. The Balaban J connectivity index is 2.99. The van der Waals surface area contributed by atoms with Crippen LogP contribution in [0, 0.1) is 0 Å². The van der Waals surface area contributed by atoms with Gasteiger partial charge in [-0.2, -0.15) is 0 Å². The zero-order valence-electron chi connectivity index (χ0n) is 6.14. The number of rotatable bonds is 3. The van der Waals surface area contributed by atoms with Gasteiger partial charge >= 0.3 is 0 Å². The first-order chi connectivity index (χ1) is 5.67. The van der Waals surface area contributed by atoms with Crippen LogP contribution < -0.4 is 0 Å². The van der Waals surface area contributed by atoms with E-state index in [1.807, 2.05) is 0 Å². The van der Waals surface area contributed by atoms with Gasteiger partial charge < -0.3 is 0 Å². The molecule has 0 saturated carbocycles. The number of hydrogen-bond donors (Lipinski definition) is 0. The van der Waals surface area contributed by atoms with Crippen LogP contribution >= 0.6 is 11.6 Å². The van der Waals surface area contributed by atoms with E-state index in [0.29, 0.717) is 0 Å². The molecule has 0 aliphatic heterocycles. The third-order valence-electron chi connectivity index (χ3n) is 1.17. The molecule has 4 nitrogen and oxygen atoms in total. The van der Waals surface area contributed by atoms with Gasteiger partial charge in [-0.25, -0.2) is 18.4 Å². The monoisotopic (exact) mass is 206 g/mol. The summed E-state index contributed by atoms with van der Waals surface area (Å²) in [7, 11) is -3.36. The summed E-state index contributed by atoms with van der Waals surface area (Å²) in [6.45, 7) is 0. The molecule has 0 fully saturated rings. The largest absolute Gasteiger partial charge is 0.247 e. The Morgan fingerprint density at radius 2 is 1.92 bits per heavy atom. The summed E-state index contributed by atoms with van der Waals surface area (Å²) >= 11 is 5.30. The second-order valence-corrected chi connectivity index (χ2v) is 4.42. The molecule has 0 saturated heterocycles. The van der Waals surface area contributed by atoms with Crippen molar-refractivity contribution in [3.05, 3.63) is 18.5 Å². The molecule has 0 N–H and O–H groups in total. The number of alkyl halides is 1. The first-order valence-electron chi connectivity index (χ1n) is 3.22. The normalized spacial score (nSPS) is 11.4. The Hall–Kier alpha value is -0.680. The second kappa shape index (κ2) is 3.82. The highest BCUT2D eigenvalue weighted by molar-refractivity contribution is 7.91. The van der Waals surface area contributed by atoms with E-state index >= 15 is 0 Å². The highest BCUT2D eigenvalue weighted by atomic mass is 35.5. The molecular weight excluding hydrogens is 200 g/mol. The third-order valence-corrected chi connectivity index (χ3v) is 3.09. The zero-order valence-corrected chi connectivity index (χ0v) is 7.72. The van der Waals surface area contributed by atoms with Gasteiger partial charge in [0.25, 0.3) is 0 Å². The van der Waals surface area contributed by atoms with E-state index in [1.165, 1.54) is 12.4 Å². The smallest absolute Gasteiger partial charge is 0.227 e. The van der Waals surface area contributed by atoms with Crippen molar-refractivity contribution < 1.29 is 8.42 Å². The van der Waals surface area contributed by atoms with Crippen LogP contribution in [0.2, 0.25) is 0 Å². The Bertz CT molecular complexity index is 338. The molecule has 0 unspecified atom stereocenters. The fourth-order valence-corrected chi connectivity index (χ4v) is 2.08. The molecule has 1 aromatic heterocycles. The van der Waals surface area contributed by atoms with Crippen LogP contribution in [0.25, 0.3) is 0 Å². The Labute approximate surface area is 75.5 Å². The molecule has 0 bridgehead atoms.